The van der Waals surface area contributed by atoms with Gasteiger partial charge in [-0.3, -0.25) is 4.79 Å². The summed E-state index contributed by atoms with van der Waals surface area (Å²) in [5.41, 5.74) is 1.08. The van der Waals surface area contributed by atoms with Crippen LogP contribution in [0.4, 0.5) is 0 Å². The summed E-state index contributed by atoms with van der Waals surface area (Å²) in [6.45, 7) is 2.38. The summed E-state index contributed by atoms with van der Waals surface area (Å²) in [4.78, 5) is 12.2. The van der Waals surface area contributed by atoms with E-state index in [0.29, 0.717) is 12.6 Å². The summed E-state index contributed by atoms with van der Waals surface area (Å²) in [7, 11) is 0. The molecule has 1 saturated carbocycles. The van der Waals surface area contributed by atoms with Crippen LogP contribution in [0.2, 0.25) is 0 Å². The summed E-state index contributed by atoms with van der Waals surface area (Å²) in [6.07, 6.45) is 7.23. The van der Waals surface area contributed by atoms with E-state index >= 15 is 0 Å². The van der Waals surface area contributed by atoms with Gasteiger partial charge in [0.1, 0.15) is 5.75 Å². The van der Waals surface area contributed by atoms with E-state index in [0.717, 1.165) is 50.1 Å². The fourth-order valence-electron chi connectivity index (χ4n) is 3.35. The average Bonchev–Trinajstić information content (AvgIpc) is 3.07. The molecule has 1 aliphatic carbocycles. The van der Waals surface area contributed by atoms with Gasteiger partial charge in [-0.05, 0) is 51.1 Å². The first-order valence-electron chi connectivity index (χ1n) is 8.56. The molecule has 1 saturated heterocycles. The first kappa shape index (κ1) is 18.1. The number of rotatable bonds is 5. The highest BCUT2D eigenvalue weighted by Gasteiger charge is 2.21. The van der Waals surface area contributed by atoms with Gasteiger partial charge in [0.25, 0.3) is 0 Å². The lowest BCUT2D eigenvalue weighted by molar-refractivity contribution is -0.125. The summed E-state index contributed by atoms with van der Waals surface area (Å²) in [5.74, 6) is 1.19. The number of hydrogen-bond donors (Lipinski definition) is 2. The standard InChI is InChI=1S/C18H26N2O2.ClH/c21-18(15-7-5-11-19-12-15)20-13-14-6-1-4-10-17(14)22-16-8-2-3-9-16;/h1,4,6,10,15-16,19H,2-3,5,7-9,11-13H2,(H,20,21);1H. The van der Waals surface area contributed by atoms with Crippen molar-refractivity contribution in [2.24, 2.45) is 5.92 Å². The largest absolute Gasteiger partial charge is 0.490 e. The second kappa shape index (κ2) is 9.14. The quantitative estimate of drug-likeness (QED) is 0.867. The molecule has 128 valence electrons. The minimum atomic E-state index is 0. The zero-order valence-electron chi connectivity index (χ0n) is 13.6. The number of hydrogen-bond acceptors (Lipinski definition) is 3. The lowest BCUT2D eigenvalue weighted by Gasteiger charge is -2.22. The van der Waals surface area contributed by atoms with E-state index in [4.69, 9.17) is 4.74 Å². The van der Waals surface area contributed by atoms with Crippen molar-refractivity contribution in [3.05, 3.63) is 29.8 Å². The molecule has 1 unspecified atom stereocenters. The molecule has 3 rings (SSSR count). The summed E-state index contributed by atoms with van der Waals surface area (Å²) in [5, 5.41) is 6.36. The average molecular weight is 339 g/mol. The highest BCUT2D eigenvalue weighted by atomic mass is 35.5. The molecule has 2 fully saturated rings. The second-order valence-corrected chi connectivity index (χ2v) is 6.39. The molecule has 23 heavy (non-hydrogen) atoms. The van der Waals surface area contributed by atoms with Crippen LogP contribution in [0.1, 0.15) is 44.1 Å². The summed E-state index contributed by atoms with van der Waals surface area (Å²) < 4.78 is 6.12. The van der Waals surface area contributed by atoms with Crippen LogP contribution in [-0.4, -0.2) is 25.1 Å². The lowest BCUT2D eigenvalue weighted by atomic mass is 9.99. The Labute approximate surface area is 144 Å². The van der Waals surface area contributed by atoms with Crippen molar-refractivity contribution in [2.75, 3.05) is 13.1 Å². The summed E-state index contributed by atoms with van der Waals surface area (Å²) >= 11 is 0. The number of nitrogens with one attached hydrogen (secondary N) is 2. The molecule has 2 N–H and O–H groups in total. The van der Waals surface area contributed by atoms with Crippen molar-refractivity contribution < 1.29 is 9.53 Å². The fraction of sp³-hybridized carbons (Fsp3) is 0.611. The molecule has 4 nitrogen and oxygen atoms in total. The normalized spacial score (nSPS) is 21.5. The first-order valence-corrected chi connectivity index (χ1v) is 8.56. The molecule has 1 heterocycles. The smallest absolute Gasteiger partial charge is 0.224 e. The van der Waals surface area contributed by atoms with E-state index in [1.54, 1.807) is 0 Å². The maximum Gasteiger partial charge on any atom is 0.224 e. The molecule has 0 spiro atoms. The Morgan fingerprint density at radius 1 is 1.17 bits per heavy atom. The van der Waals surface area contributed by atoms with E-state index < -0.39 is 0 Å². The zero-order valence-corrected chi connectivity index (χ0v) is 14.4. The molecule has 1 amide bonds. The second-order valence-electron chi connectivity index (χ2n) is 6.39. The van der Waals surface area contributed by atoms with Crippen LogP contribution < -0.4 is 15.4 Å². The highest BCUT2D eigenvalue weighted by molar-refractivity contribution is 5.85. The van der Waals surface area contributed by atoms with Gasteiger partial charge in [0.05, 0.1) is 12.0 Å². The van der Waals surface area contributed by atoms with Gasteiger partial charge in [-0.15, -0.1) is 12.4 Å². The molecular formula is C18H27ClN2O2. The predicted molar refractivity (Wildman–Crippen MR) is 94.0 cm³/mol. The molecule has 0 radical (unpaired) electrons. The SMILES string of the molecule is Cl.O=C(NCc1ccccc1OC1CCCC1)C1CCCNC1. The van der Waals surface area contributed by atoms with Gasteiger partial charge in [0, 0.05) is 18.7 Å². The zero-order chi connectivity index (χ0) is 15.2. The van der Waals surface area contributed by atoms with Crippen molar-refractivity contribution in [3.63, 3.8) is 0 Å². The predicted octanol–water partition coefficient (Wildman–Crippen LogP) is 3.05. The number of piperidine rings is 1. The third-order valence-electron chi connectivity index (χ3n) is 4.69. The molecule has 5 heteroatoms. The van der Waals surface area contributed by atoms with Gasteiger partial charge in [0.2, 0.25) is 5.91 Å². The van der Waals surface area contributed by atoms with Gasteiger partial charge in [-0.2, -0.15) is 0 Å². The molecule has 1 aromatic carbocycles. The third kappa shape index (κ3) is 5.11. The Morgan fingerprint density at radius 3 is 2.70 bits per heavy atom. The van der Waals surface area contributed by atoms with Gasteiger partial charge < -0.3 is 15.4 Å². The molecule has 1 aliphatic heterocycles. The van der Waals surface area contributed by atoms with Crippen LogP contribution in [0.15, 0.2) is 24.3 Å². The molecule has 1 atom stereocenters. The van der Waals surface area contributed by atoms with E-state index in [1.807, 2.05) is 24.3 Å². The Kier molecular flexibility index (Phi) is 7.18. The van der Waals surface area contributed by atoms with Crippen molar-refractivity contribution in [3.8, 4) is 5.75 Å². The van der Waals surface area contributed by atoms with Crippen LogP contribution in [-0.2, 0) is 11.3 Å². The Morgan fingerprint density at radius 2 is 1.96 bits per heavy atom. The molecule has 2 aliphatic rings. The maximum atomic E-state index is 12.2. The monoisotopic (exact) mass is 338 g/mol. The maximum absolute atomic E-state index is 12.2. The number of carbonyl (C=O) groups excluding carboxylic acids is 1. The Hall–Kier alpha value is -1.26. The third-order valence-corrected chi connectivity index (χ3v) is 4.69. The fourth-order valence-corrected chi connectivity index (χ4v) is 3.35. The van der Waals surface area contributed by atoms with Crippen LogP contribution in [0.3, 0.4) is 0 Å². The van der Waals surface area contributed by atoms with Crippen molar-refractivity contribution in [1.82, 2.24) is 10.6 Å². The van der Waals surface area contributed by atoms with E-state index in [-0.39, 0.29) is 24.2 Å². The van der Waals surface area contributed by atoms with Crippen LogP contribution in [0.5, 0.6) is 5.75 Å². The number of para-hydroxylation sites is 1. The Bertz CT molecular complexity index is 498. The minimum Gasteiger partial charge on any atom is -0.490 e. The van der Waals surface area contributed by atoms with E-state index in [2.05, 4.69) is 10.6 Å². The van der Waals surface area contributed by atoms with Crippen LogP contribution in [0, 0.1) is 5.92 Å². The first-order chi connectivity index (χ1) is 10.8. The van der Waals surface area contributed by atoms with Gasteiger partial charge in [-0.1, -0.05) is 18.2 Å². The van der Waals surface area contributed by atoms with E-state index in [1.165, 1.54) is 12.8 Å². The summed E-state index contributed by atoms with van der Waals surface area (Å²) in [6, 6.07) is 8.07. The number of ether oxygens (including phenoxy) is 1. The Balaban J connectivity index is 0.00000192. The van der Waals surface area contributed by atoms with Gasteiger partial charge >= 0.3 is 0 Å². The van der Waals surface area contributed by atoms with Gasteiger partial charge in [-0.25, -0.2) is 0 Å². The number of benzene rings is 1. The van der Waals surface area contributed by atoms with Crippen molar-refractivity contribution >= 4 is 18.3 Å². The van der Waals surface area contributed by atoms with Crippen LogP contribution >= 0.6 is 12.4 Å². The highest BCUT2D eigenvalue weighted by Crippen LogP contribution is 2.26. The van der Waals surface area contributed by atoms with Gasteiger partial charge in [0.15, 0.2) is 0 Å². The number of halogens is 1. The number of amides is 1. The lowest BCUT2D eigenvalue weighted by Crippen LogP contribution is -2.40. The topological polar surface area (TPSA) is 50.4 Å². The van der Waals surface area contributed by atoms with Crippen molar-refractivity contribution in [1.29, 1.82) is 0 Å². The van der Waals surface area contributed by atoms with Crippen LogP contribution in [0.25, 0.3) is 0 Å². The molecule has 0 aromatic heterocycles. The molecule has 1 aromatic rings. The molecule has 0 bridgehead atoms. The molecular weight excluding hydrogens is 312 g/mol. The minimum absolute atomic E-state index is 0. The van der Waals surface area contributed by atoms with Crippen molar-refractivity contribution in [2.45, 2.75) is 51.2 Å². The number of carbonyl (C=O) groups is 1. The van der Waals surface area contributed by atoms with E-state index in [9.17, 15) is 4.79 Å².